The van der Waals surface area contributed by atoms with E-state index in [9.17, 15) is 14.7 Å². The van der Waals surface area contributed by atoms with Crippen molar-refractivity contribution in [3.8, 4) is 0 Å². The topological polar surface area (TPSA) is 83.8 Å². The van der Waals surface area contributed by atoms with Gasteiger partial charge in [0.25, 0.3) is 0 Å². The Balaban J connectivity index is 1.81. The molecule has 2 N–H and O–H groups in total. The lowest BCUT2D eigenvalue weighted by atomic mass is 9.50. The molecule has 0 unspecified atom stereocenters. The van der Waals surface area contributed by atoms with Crippen LogP contribution >= 0.6 is 0 Å². The number of carboxylic acids is 1. The lowest BCUT2D eigenvalue weighted by molar-refractivity contribution is -0.153. The number of fused-ring (bicyclic) bond motifs is 3. The van der Waals surface area contributed by atoms with Gasteiger partial charge in [-0.25, -0.2) is 0 Å². The number of esters is 1. The van der Waals surface area contributed by atoms with Crippen LogP contribution in [-0.2, 0) is 31.8 Å². The van der Waals surface area contributed by atoms with E-state index in [1.807, 2.05) is 19.9 Å². The Hall–Kier alpha value is -1.88. The first-order valence-electron chi connectivity index (χ1n) is 10.7. The summed E-state index contributed by atoms with van der Waals surface area (Å²) in [5.74, 6) is -1.00. The maximum atomic E-state index is 12.0. The molecule has 5 nitrogen and oxygen atoms in total. The first-order valence-corrected chi connectivity index (χ1v) is 10.7. The zero-order valence-electron chi connectivity index (χ0n) is 18.1. The van der Waals surface area contributed by atoms with E-state index in [-0.39, 0.29) is 23.7 Å². The predicted molar refractivity (Wildman–Crippen MR) is 111 cm³/mol. The number of rotatable bonds is 6. The molecule has 0 saturated heterocycles. The maximum Gasteiger partial charge on any atom is 0.306 e. The van der Waals surface area contributed by atoms with Gasteiger partial charge < -0.3 is 14.9 Å². The summed E-state index contributed by atoms with van der Waals surface area (Å²) in [6.07, 6.45) is 4.92. The highest BCUT2D eigenvalue weighted by Crippen LogP contribution is 2.57. The molecule has 2 aliphatic carbocycles. The molecule has 0 aromatic heterocycles. The highest BCUT2D eigenvalue weighted by Gasteiger charge is 2.52. The standard InChI is InChI=1S/C24H34O5/c1-22(2,28)17-7-8-18-16(14-17)6-9-19-23(3,12-5-13-24(18,19)4)15-29-21(27)11-10-20(25)26/h7-8,14,19,28H,5-6,9-13,15H2,1-4H3,(H,25,26)/t19-,23-,24+/m0/s1. The van der Waals surface area contributed by atoms with Crippen LogP contribution in [0.25, 0.3) is 0 Å². The van der Waals surface area contributed by atoms with Crippen LogP contribution in [0.3, 0.4) is 0 Å². The van der Waals surface area contributed by atoms with Gasteiger partial charge in [0, 0.05) is 5.41 Å². The summed E-state index contributed by atoms with van der Waals surface area (Å²) in [5, 5.41) is 19.1. The lowest BCUT2D eigenvalue weighted by Crippen LogP contribution is -2.51. The summed E-state index contributed by atoms with van der Waals surface area (Å²) in [4.78, 5) is 22.7. The third-order valence-corrected chi connectivity index (χ3v) is 7.29. The van der Waals surface area contributed by atoms with E-state index in [2.05, 4.69) is 26.0 Å². The minimum atomic E-state index is -0.979. The molecule has 0 bridgehead atoms. The minimum absolute atomic E-state index is 0.0200. The van der Waals surface area contributed by atoms with Crippen molar-refractivity contribution in [2.45, 2.75) is 83.7 Å². The number of aliphatic carboxylic acids is 1. The fourth-order valence-corrected chi connectivity index (χ4v) is 5.70. The molecule has 2 aliphatic rings. The largest absolute Gasteiger partial charge is 0.481 e. The second kappa shape index (κ2) is 7.75. The van der Waals surface area contributed by atoms with Gasteiger partial charge in [-0.05, 0) is 67.6 Å². The van der Waals surface area contributed by atoms with Gasteiger partial charge in [0.15, 0.2) is 0 Å². The Labute approximate surface area is 173 Å². The Bertz CT molecular complexity index is 793. The highest BCUT2D eigenvalue weighted by atomic mass is 16.5. The van der Waals surface area contributed by atoms with Gasteiger partial charge in [-0.15, -0.1) is 0 Å². The third kappa shape index (κ3) is 4.35. The normalized spacial score (nSPS) is 28.9. The average Bonchev–Trinajstić information content (AvgIpc) is 2.63. The molecular weight excluding hydrogens is 368 g/mol. The summed E-state index contributed by atoms with van der Waals surface area (Å²) in [6.45, 7) is 8.54. The number of ether oxygens (including phenoxy) is 1. The molecule has 3 rings (SSSR count). The predicted octanol–water partition coefficient (Wildman–Crippen LogP) is 4.33. The number of carbonyl (C=O) groups excluding carboxylic acids is 1. The summed E-state index contributed by atoms with van der Waals surface area (Å²) in [5.41, 5.74) is 2.70. The number of hydrogen-bond acceptors (Lipinski definition) is 4. The van der Waals surface area contributed by atoms with E-state index in [1.165, 1.54) is 11.1 Å². The fraction of sp³-hybridized carbons (Fsp3) is 0.667. The SMILES string of the molecule is CC(C)(O)c1ccc2c(c1)CC[C@H]1[C@](C)(COC(=O)CCC(=O)O)CCC[C@]21C. The van der Waals surface area contributed by atoms with Crippen molar-refractivity contribution in [2.24, 2.45) is 11.3 Å². The van der Waals surface area contributed by atoms with Crippen molar-refractivity contribution < 1.29 is 24.5 Å². The summed E-state index contributed by atoms with van der Waals surface area (Å²) in [7, 11) is 0. The zero-order valence-corrected chi connectivity index (χ0v) is 18.1. The van der Waals surface area contributed by atoms with Gasteiger partial charge in [0.2, 0.25) is 0 Å². The number of aliphatic hydroxyl groups is 1. The van der Waals surface area contributed by atoms with Gasteiger partial charge in [0.1, 0.15) is 0 Å². The van der Waals surface area contributed by atoms with Crippen LogP contribution < -0.4 is 0 Å². The van der Waals surface area contributed by atoms with Crippen LogP contribution in [0.15, 0.2) is 18.2 Å². The Kier molecular flexibility index (Phi) is 5.83. The van der Waals surface area contributed by atoms with Crippen molar-refractivity contribution in [1.29, 1.82) is 0 Å². The van der Waals surface area contributed by atoms with Gasteiger partial charge >= 0.3 is 11.9 Å². The van der Waals surface area contributed by atoms with E-state index in [0.29, 0.717) is 12.5 Å². The van der Waals surface area contributed by atoms with Crippen LogP contribution in [-0.4, -0.2) is 28.8 Å². The molecule has 1 aromatic carbocycles. The smallest absolute Gasteiger partial charge is 0.306 e. The van der Waals surface area contributed by atoms with Crippen molar-refractivity contribution in [2.75, 3.05) is 6.61 Å². The summed E-state index contributed by atoms with van der Waals surface area (Å²) >= 11 is 0. The minimum Gasteiger partial charge on any atom is -0.481 e. The van der Waals surface area contributed by atoms with Crippen LogP contribution in [0.1, 0.15) is 82.9 Å². The van der Waals surface area contributed by atoms with Crippen molar-refractivity contribution >= 4 is 11.9 Å². The van der Waals surface area contributed by atoms with E-state index in [0.717, 1.165) is 37.7 Å². The number of hydrogen-bond donors (Lipinski definition) is 2. The molecule has 0 spiro atoms. The quantitative estimate of drug-likeness (QED) is 0.692. The molecule has 5 heteroatoms. The molecule has 0 radical (unpaired) electrons. The Morgan fingerprint density at radius 3 is 2.59 bits per heavy atom. The molecule has 1 aromatic rings. The van der Waals surface area contributed by atoms with Crippen LogP contribution in [0.2, 0.25) is 0 Å². The van der Waals surface area contributed by atoms with Gasteiger partial charge in [-0.2, -0.15) is 0 Å². The monoisotopic (exact) mass is 402 g/mol. The molecule has 1 fully saturated rings. The zero-order chi connectivity index (χ0) is 21.4. The van der Waals surface area contributed by atoms with Crippen LogP contribution in [0.5, 0.6) is 0 Å². The molecule has 29 heavy (non-hydrogen) atoms. The first-order chi connectivity index (χ1) is 13.5. The van der Waals surface area contributed by atoms with Gasteiger partial charge in [-0.1, -0.05) is 38.5 Å². The number of carboxylic acid groups (broad SMARTS) is 1. The van der Waals surface area contributed by atoms with Crippen molar-refractivity contribution in [3.63, 3.8) is 0 Å². The first kappa shape index (κ1) is 21.8. The Morgan fingerprint density at radius 1 is 1.21 bits per heavy atom. The molecule has 0 aliphatic heterocycles. The van der Waals surface area contributed by atoms with Crippen LogP contribution in [0.4, 0.5) is 0 Å². The maximum absolute atomic E-state index is 12.0. The van der Waals surface area contributed by atoms with Gasteiger partial charge in [-0.3, -0.25) is 9.59 Å². The second-order valence-electron chi connectivity index (χ2n) is 10.0. The number of carbonyl (C=O) groups is 2. The second-order valence-corrected chi connectivity index (χ2v) is 10.0. The molecule has 3 atom stereocenters. The van der Waals surface area contributed by atoms with E-state index in [1.54, 1.807) is 0 Å². The summed E-state index contributed by atoms with van der Waals surface area (Å²) in [6, 6.07) is 6.40. The highest BCUT2D eigenvalue weighted by molar-refractivity contribution is 5.76. The van der Waals surface area contributed by atoms with E-state index >= 15 is 0 Å². The van der Waals surface area contributed by atoms with Crippen molar-refractivity contribution in [3.05, 3.63) is 34.9 Å². The number of benzene rings is 1. The summed E-state index contributed by atoms with van der Waals surface area (Å²) < 4.78 is 5.55. The average molecular weight is 403 g/mol. The molecule has 160 valence electrons. The molecule has 0 heterocycles. The van der Waals surface area contributed by atoms with Gasteiger partial charge in [0.05, 0.1) is 25.0 Å². The fourth-order valence-electron chi connectivity index (χ4n) is 5.70. The lowest BCUT2D eigenvalue weighted by Gasteiger charge is -2.55. The Morgan fingerprint density at radius 2 is 1.93 bits per heavy atom. The molecular formula is C24H34O5. The molecule has 1 saturated carbocycles. The molecule has 0 amide bonds. The third-order valence-electron chi connectivity index (χ3n) is 7.29. The van der Waals surface area contributed by atoms with E-state index in [4.69, 9.17) is 9.84 Å². The van der Waals surface area contributed by atoms with E-state index < -0.39 is 17.5 Å². The van der Waals surface area contributed by atoms with Crippen LogP contribution in [0, 0.1) is 11.3 Å². The van der Waals surface area contributed by atoms with Crippen molar-refractivity contribution in [1.82, 2.24) is 0 Å². The number of aryl methyl sites for hydroxylation is 1.